The predicted molar refractivity (Wildman–Crippen MR) is 125 cm³/mol. The molecule has 0 unspecified atom stereocenters. The molecule has 0 bridgehead atoms. The first-order valence-corrected chi connectivity index (χ1v) is 12.0. The molecule has 4 rings (SSSR count). The molecule has 0 aromatic heterocycles. The van der Waals surface area contributed by atoms with Gasteiger partial charge in [-0.15, -0.1) is 11.8 Å². The van der Waals surface area contributed by atoms with Crippen LogP contribution in [0.4, 0.5) is 5.69 Å². The summed E-state index contributed by atoms with van der Waals surface area (Å²) < 4.78 is 6.13. The number of aryl methyl sites for hydroxylation is 2. The number of rotatable bonds is 5. The SMILES string of the molecule is Cc1ccc(OC2CCN(C(=O)CCC(=O)N3CCSc4ccccc43)CC2)cc1C. The highest BCUT2D eigenvalue weighted by molar-refractivity contribution is 7.99. The van der Waals surface area contributed by atoms with E-state index in [4.69, 9.17) is 4.74 Å². The van der Waals surface area contributed by atoms with Gasteiger partial charge in [-0.3, -0.25) is 9.59 Å². The number of anilines is 1. The van der Waals surface area contributed by atoms with Gasteiger partial charge < -0.3 is 14.5 Å². The Bertz CT molecular complexity index is 954. The largest absolute Gasteiger partial charge is 0.490 e. The molecule has 0 saturated carbocycles. The quantitative estimate of drug-likeness (QED) is 0.685. The summed E-state index contributed by atoms with van der Waals surface area (Å²) in [5.41, 5.74) is 3.46. The molecule has 5 nitrogen and oxygen atoms in total. The second-order valence-electron chi connectivity index (χ2n) is 8.31. The zero-order valence-electron chi connectivity index (χ0n) is 18.3. The van der Waals surface area contributed by atoms with Crippen LogP contribution in [-0.2, 0) is 9.59 Å². The number of nitrogens with zero attached hydrogens (tertiary/aromatic N) is 2. The third kappa shape index (κ3) is 5.24. The van der Waals surface area contributed by atoms with Crippen molar-refractivity contribution in [3.8, 4) is 5.75 Å². The van der Waals surface area contributed by atoms with Crippen molar-refractivity contribution in [3.63, 3.8) is 0 Å². The Hall–Kier alpha value is -2.47. The van der Waals surface area contributed by atoms with Gasteiger partial charge in [0.2, 0.25) is 11.8 Å². The molecule has 0 spiro atoms. The van der Waals surface area contributed by atoms with E-state index in [0.717, 1.165) is 34.9 Å². The maximum Gasteiger partial charge on any atom is 0.227 e. The van der Waals surface area contributed by atoms with Crippen LogP contribution in [0.25, 0.3) is 0 Å². The molecule has 6 heteroatoms. The summed E-state index contributed by atoms with van der Waals surface area (Å²) in [6.45, 7) is 6.26. The Kier molecular flexibility index (Phi) is 6.86. The lowest BCUT2D eigenvalue weighted by molar-refractivity contribution is -0.134. The molecule has 2 aromatic carbocycles. The van der Waals surface area contributed by atoms with Gasteiger partial charge in [-0.25, -0.2) is 0 Å². The molecule has 2 aliphatic rings. The minimum absolute atomic E-state index is 0.0362. The Morgan fingerprint density at radius 3 is 2.48 bits per heavy atom. The van der Waals surface area contributed by atoms with Gasteiger partial charge in [0, 0.05) is 56.0 Å². The second kappa shape index (κ2) is 9.77. The maximum absolute atomic E-state index is 12.8. The van der Waals surface area contributed by atoms with E-state index in [0.29, 0.717) is 19.6 Å². The zero-order chi connectivity index (χ0) is 21.8. The van der Waals surface area contributed by atoms with Gasteiger partial charge in [-0.05, 0) is 49.2 Å². The van der Waals surface area contributed by atoms with Gasteiger partial charge in [0.05, 0.1) is 5.69 Å². The molecule has 2 aromatic rings. The van der Waals surface area contributed by atoms with E-state index >= 15 is 0 Å². The average molecular weight is 439 g/mol. The summed E-state index contributed by atoms with van der Waals surface area (Å²) in [5, 5.41) is 0. The number of carbonyl (C=O) groups is 2. The fourth-order valence-electron chi connectivity index (χ4n) is 4.14. The lowest BCUT2D eigenvalue weighted by atomic mass is 10.1. The number of benzene rings is 2. The first-order chi connectivity index (χ1) is 15.0. The number of hydrogen-bond acceptors (Lipinski definition) is 4. The summed E-state index contributed by atoms with van der Waals surface area (Å²) in [6.07, 6.45) is 2.31. The summed E-state index contributed by atoms with van der Waals surface area (Å²) in [6, 6.07) is 14.2. The third-order valence-corrected chi connectivity index (χ3v) is 7.20. The Morgan fingerprint density at radius 1 is 0.968 bits per heavy atom. The van der Waals surface area contributed by atoms with Crippen LogP contribution in [-0.4, -0.2) is 48.2 Å². The molecule has 0 aliphatic carbocycles. The van der Waals surface area contributed by atoms with Crippen LogP contribution in [0.1, 0.15) is 36.8 Å². The molecule has 0 N–H and O–H groups in total. The molecular formula is C25H30N2O3S. The van der Waals surface area contributed by atoms with Crippen molar-refractivity contribution in [1.29, 1.82) is 0 Å². The first kappa shape index (κ1) is 21.8. The number of fused-ring (bicyclic) bond motifs is 1. The highest BCUT2D eigenvalue weighted by atomic mass is 32.2. The number of carbonyl (C=O) groups excluding carboxylic acids is 2. The second-order valence-corrected chi connectivity index (χ2v) is 9.44. The number of ether oxygens (including phenoxy) is 1. The number of para-hydroxylation sites is 1. The minimum atomic E-state index is 0.0362. The van der Waals surface area contributed by atoms with Gasteiger partial charge in [-0.1, -0.05) is 18.2 Å². The number of piperidine rings is 1. The van der Waals surface area contributed by atoms with Crippen molar-refractivity contribution in [2.45, 2.75) is 50.5 Å². The first-order valence-electron chi connectivity index (χ1n) is 11.0. The Balaban J connectivity index is 1.24. The molecule has 2 amide bonds. The van der Waals surface area contributed by atoms with E-state index < -0.39 is 0 Å². The zero-order valence-corrected chi connectivity index (χ0v) is 19.1. The van der Waals surface area contributed by atoms with Crippen molar-refractivity contribution < 1.29 is 14.3 Å². The van der Waals surface area contributed by atoms with Crippen LogP contribution < -0.4 is 9.64 Å². The van der Waals surface area contributed by atoms with Crippen LogP contribution >= 0.6 is 11.8 Å². The molecule has 0 radical (unpaired) electrons. The lowest BCUT2D eigenvalue weighted by Gasteiger charge is -2.33. The number of hydrogen-bond donors (Lipinski definition) is 0. The van der Waals surface area contributed by atoms with Crippen molar-refractivity contribution >= 4 is 29.3 Å². The molecule has 164 valence electrons. The van der Waals surface area contributed by atoms with Crippen LogP contribution in [0.15, 0.2) is 47.4 Å². The Labute approximate surface area is 188 Å². The van der Waals surface area contributed by atoms with E-state index in [1.165, 1.54) is 11.1 Å². The maximum atomic E-state index is 12.8. The molecule has 2 heterocycles. The normalized spacial score (nSPS) is 16.7. The molecule has 1 fully saturated rings. The minimum Gasteiger partial charge on any atom is -0.490 e. The fourth-order valence-corrected chi connectivity index (χ4v) is 5.13. The standard InChI is InChI=1S/C25H30N2O3S/c1-18-7-8-21(17-19(18)2)30-20-11-13-26(14-12-20)24(28)9-10-25(29)27-15-16-31-23-6-4-3-5-22(23)27/h3-8,17,20H,9-16H2,1-2H3. The van der Waals surface area contributed by atoms with Crippen molar-refractivity contribution in [2.24, 2.45) is 0 Å². The van der Waals surface area contributed by atoms with Gasteiger partial charge >= 0.3 is 0 Å². The van der Waals surface area contributed by atoms with Crippen LogP contribution in [0.3, 0.4) is 0 Å². The smallest absolute Gasteiger partial charge is 0.227 e. The monoisotopic (exact) mass is 438 g/mol. The van der Waals surface area contributed by atoms with E-state index in [2.05, 4.69) is 32.0 Å². The highest BCUT2D eigenvalue weighted by Gasteiger charge is 2.26. The topological polar surface area (TPSA) is 49.9 Å². The van der Waals surface area contributed by atoms with Crippen molar-refractivity contribution in [1.82, 2.24) is 4.90 Å². The van der Waals surface area contributed by atoms with E-state index in [-0.39, 0.29) is 30.8 Å². The van der Waals surface area contributed by atoms with Gasteiger partial charge in [0.1, 0.15) is 11.9 Å². The van der Waals surface area contributed by atoms with Gasteiger partial charge in [-0.2, -0.15) is 0 Å². The van der Waals surface area contributed by atoms with Crippen molar-refractivity contribution in [3.05, 3.63) is 53.6 Å². The van der Waals surface area contributed by atoms with E-state index in [1.54, 1.807) is 11.8 Å². The number of thioether (sulfide) groups is 1. The summed E-state index contributed by atoms with van der Waals surface area (Å²) in [4.78, 5) is 30.3. The molecular weight excluding hydrogens is 408 g/mol. The lowest BCUT2D eigenvalue weighted by Crippen LogP contribution is -2.42. The third-order valence-electron chi connectivity index (χ3n) is 6.16. The van der Waals surface area contributed by atoms with Crippen molar-refractivity contribution in [2.75, 3.05) is 30.3 Å². The summed E-state index contributed by atoms with van der Waals surface area (Å²) in [5.74, 6) is 1.90. The van der Waals surface area contributed by atoms with E-state index in [9.17, 15) is 9.59 Å². The average Bonchev–Trinajstić information content (AvgIpc) is 2.80. The number of amides is 2. The molecule has 0 atom stereocenters. The van der Waals surface area contributed by atoms with Crippen LogP contribution in [0.2, 0.25) is 0 Å². The van der Waals surface area contributed by atoms with Crippen LogP contribution in [0, 0.1) is 13.8 Å². The van der Waals surface area contributed by atoms with Crippen LogP contribution in [0.5, 0.6) is 5.75 Å². The highest BCUT2D eigenvalue weighted by Crippen LogP contribution is 2.34. The number of likely N-dealkylation sites (tertiary alicyclic amines) is 1. The molecule has 2 aliphatic heterocycles. The fraction of sp³-hybridized carbons (Fsp3) is 0.440. The van der Waals surface area contributed by atoms with Gasteiger partial charge in [0.15, 0.2) is 0 Å². The van der Waals surface area contributed by atoms with Gasteiger partial charge in [0.25, 0.3) is 0 Å². The van der Waals surface area contributed by atoms with E-state index in [1.807, 2.05) is 34.1 Å². The summed E-state index contributed by atoms with van der Waals surface area (Å²) in [7, 11) is 0. The Morgan fingerprint density at radius 2 is 1.71 bits per heavy atom. The molecule has 31 heavy (non-hydrogen) atoms. The molecule has 1 saturated heterocycles. The summed E-state index contributed by atoms with van der Waals surface area (Å²) >= 11 is 1.78. The predicted octanol–water partition coefficient (Wildman–Crippen LogP) is 4.59.